The van der Waals surface area contributed by atoms with Crippen LogP contribution in [0.1, 0.15) is 38.2 Å². The van der Waals surface area contributed by atoms with Crippen molar-refractivity contribution in [1.29, 1.82) is 0 Å². The second kappa shape index (κ2) is 6.81. The zero-order valence-electron chi connectivity index (χ0n) is 14.3. The molecule has 1 aromatic carbocycles. The van der Waals surface area contributed by atoms with Crippen molar-refractivity contribution in [2.75, 3.05) is 6.61 Å². The maximum absolute atomic E-state index is 12.4. The van der Waals surface area contributed by atoms with Gasteiger partial charge in [0.25, 0.3) is 0 Å². The van der Waals surface area contributed by atoms with Crippen LogP contribution in [0.2, 0.25) is 0 Å². The molecule has 3 heteroatoms. The fraction of sp³-hybridized carbons (Fsp3) is 0.571. The molecule has 1 saturated heterocycles. The summed E-state index contributed by atoms with van der Waals surface area (Å²) in [5, 5.41) is 0. The minimum Gasteiger partial charge on any atom is -0.371 e. The minimum atomic E-state index is 0.00869. The van der Waals surface area contributed by atoms with Crippen molar-refractivity contribution in [3.8, 4) is 0 Å². The molecule has 1 heterocycles. The standard InChI is InChI=1S/C21H26O3/c1-14(23-12-15-6-3-2-4-7-15)21-17-11-10-16-8-5-9-19(22)20(16)18(17)13-24-21/h2-4,6-7,11,14,16,18,20-21H,5,8-10,12-13H2,1H3/t14-,16+,18-,20+,21+/m0/s1. The second-order valence-corrected chi connectivity index (χ2v) is 7.45. The van der Waals surface area contributed by atoms with Crippen LogP contribution in [0.25, 0.3) is 0 Å². The quantitative estimate of drug-likeness (QED) is 0.787. The number of Topliss-reactive ketones (excluding diaryl/α,β-unsaturated/α-hetero) is 1. The summed E-state index contributed by atoms with van der Waals surface area (Å²) in [7, 11) is 0. The van der Waals surface area contributed by atoms with Crippen molar-refractivity contribution in [1.82, 2.24) is 0 Å². The van der Waals surface area contributed by atoms with E-state index >= 15 is 0 Å². The average molecular weight is 326 g/mol. The number of ether oxygens (including phenoxy) is 2. The average Bonchev–Trinajstić information content (AvgIpc) is 3.05. The number of ketones is 1. The van der Waals surface area contributed by atoms with Crippen LogP contribution in [-0.4, -0.2) is 24.6 Å². The summed E-state index contributed by atoms with van der Waals surface area (Å²) >= 11 is 0. The van der Waals surface area contributed by atoms with E-state index < -0.39 is 0 Å². The van der Waals surface area contributed by atoms with Gasteiger partial charge in [0, 0.05) is 18.3 Å². The Balaban J connectivity index is 1.44. The molecule has 0 unspecified atom stereocenters. The van der Waals surface area contributed by atoms with Crippen molar-refractivity contribution in [2.45, 2.75) is 51.4 Å². The summed E-state index contributed by atoms with van der Waals surface area (Å²) in [5.74, 6) is 1.50. The number of allylic oxidation sites excluding steroid dienone is 1. The first-order valence-electron chi connectivity index (χ1n) is 9.24. The zero-order chi connectivity index (χ0) is 16.5. The zero-order valence-corrected chi connectivity index (χ0v) is 14.3. The van der Waals surface area contributed by atoms with Crippen molar-refractivity contribution in [2.24, 2.45) is 17.8 Å². The van der Waals surface area contributed by atoms with Gasteiger partial charge in [0.05, 0.1) is 19.3 Å². The van der Waals surface area contributed by atoms with E-state index in [1.807, 2.05) is 18.2 Å². The maximum Gasteiger partial charge on any atom is 0.136 e. The van der Waals surface area contributed by atoms with Crippen LogP contribution in [0, 0.1) is 17.8 Å². The van der Waals surface area contributed by atoms with Crippen molar-refractivity contribution in [3.63, 3.8) is 0 Å². The van der Waals surface area contributed by atoms with E-state index in [1.54, 1.807) is 0 Å². The lowest BCUT2D eigenvalue weighted by Gasteiger charge is -2.38. The molecule has 2 fully saturated rings. The molecule has 4 rings (SSSR count). The summed E-state index contributed by atoms with van der Waals surface area (Å²) < 4.78 is 12.2. The Hall–Kier alpha value is -1.45. The van der Waals surface area contributed by atoms with Gasteiger partial charge in [-0.1, -0.05) is 36.4 Å². The predicted octanol–water partition coefficient (Wildman–Crippen LogP) is 3.92. The predicted molar refractivity (Wildman–Crippen MR) is 92.5 cm³/mol. The van der Waals surface area contributed by atoms with Gasteiger partial charge in [-0.15, -0.1) is 0 Å². The molecule has 3 nitrogen and oxygen atoms in total. The molecule has 1 aliphatic heterocycles. The van der Waals surface area contributed by atoms with E-state index in [-0.39, 0.29) is 18.1 Å². The molecular weight excluding hydrogens is 300 g/mol. The van der Waals surface area contributed by atoms with E-state index in [0.717, 1.165) is 19.3 Å². The smallest absolute Gasteiger partial charge is 0.136 e. The van der Waals surface area contributed by atoms with Crippen LogP contribution in [0.5, 0.6) is 0 Å². The van der Waals surface area contributed by atoms with Gasteiger partial charge in [0.15, 0.2) is 0 Å². The van der Waals surface area contributed by atoms with E-state index in [9.17, 15) is 4.79 Å². The lowest BCUT2D eigenvalue weighted by molar-refractivity contribution is -0.128. The third kappa shape index (κ3) is 2.96. The van der Waals surface area contributed by atoms with Crippen LogP contribution in [-0.2, 0) is 20.9 Å². The molecule has 0 amide bonds. The highest BCUT2D eigenvalue weighted by atomic mass is 16.5. The Kier molecular flexibility index (Phi) is 4.55. The first-order valence-corrected chi connectivity index (χ1v) is 9.24. The summed E-state index contributed by atoms with van der Waals surface area (Å²) in [6, 6.07) is 10.2. The minimum absolute atomic E-state index is 0.00869. The largest absolute Gasteiger partial charge is 0.371 e. The lowest BCUT2D eigenvalue weighted by atomic mass is 9.65. The van der Waals surface area contributed by atoms with Crippen LogP contribution in [0.3, 0.4) is 0 Å². The van der Waals surface area contributed by atoms with Crippen molar-refractivity contribution in [3.05, 3.63) is 47.5 Å². The highest BCUT2D eigenvalue weighted by molar-refractivity contribution is 5.83. The molecule has 0 N–H and O–H groups in total. The van der Waals surface area contributed by atoms with Crippen molar-refractivity contribution < 1.29 is 14.3 Å². The van der Waals surface area contributed by atoms with Crippen LogP contribution < -0.4 is 0 Å². The highest BCUT2D eigenvalue weighted by Crippen LogP contribution is 2.47. The van der Waals surface area contributed by atoms with Crippen LogP contribution in [0.15, 0.2) is 42.0 Å². The molecule has 128 valence electrons. The second-order valence-electron chi connectivity index (χ2n) is 7.45. The Morgan fingerprint density at radius 3 is 2.96 bits per heavy atom. The van der Waals surface area contributed by atoms with Gasteiger partial charge in [-0.3, -0.25) is 4.79 Å². The van der Waals surface area contributed by atoms with E-state index in [0.29, 0.717) is 30.8 Å². The molecule has 3 aliphatic rings. The number of benzene rings is 1. The van der Waals surface area contributed by atoms with Gasteiger partial charge in [-0.05, 0) is 43.2 Å². The number of carbonyl (C=O) groups excluding carboxylic acids is 1. The molecule has 0 spiro atoms. The Labute approximate surface area is 144 Å². The third-order valence-corrected chi connectivity index (χ3v) is 5.96. The number of carbonyl (C=O) groups is 1. The van der Waals surface area contributed by atoms with Crippen LogP contribution >= 0.6 is 0 Å². The fourth-order valence-electron chi connectivity index (χ4n) is 4.74. The summed E-state index contributed by atoms with van der Waals surface area (Å²) in [6.45, 7) is 3.37. The summed E-state index contributed by atoms with van der Waals surface area (Å²) in [6.07, 6.45) is 6.43. The SMILES string of the molecule is C[C@H](OCc1ccccc1)[C@H]1OC[C@H]2C1=CC[C@H]1CCCC(=O)[C@H]12. The number of rotatable bonds is 4. The molecule has 2 aliphatic carbocycles. The van der Waals surface area contributed by atoms with Gasteiger partial charge in [0.1, 0.15) is 11.9 Å². The van der Waals surface area contributed by atoms with E-state index in [2.05, 4.69) is 25.1 Å². The summed E-state index contributed by atoms with van der Waals surface area (Å²) in [5.41, 5.74) is 2.51. The molecule has 24 heavy (non-hydrogen) atoms. The van der Waals surface area contributed by atoms with Gasteiger partial charge < -0.3 is 9.47 Å². The highest BCUT2D eigenvalue weighted by Gasteiger charge is 2.47. The fourth-order valence-corrected chi connectivity index (χ4v) is 4.74. The van der Waals surface area contributed by atoms with E-state index in [4.69, 9.17) is 9.47 Å². The third-order valence-electron chi connectivity index (χ3n) is 5.96. The van der Waals surface area contributed by atoms with Gasteiger partial charge in [0.2, 0.25) is 0 Å². The topological polar surface area (TPSA) is 35.5 Å². The van der Waals surface area contributed by atoms with Gasteiger partial charge in [-0.2, -0.15) is 0 Å². The van der Waals surface area contributed by atoms with Gasteiger partial charge >= 0.3 is 0 Å². The molecular formula is C21H26O3. The normalized spacial score (nSPS) is 33.5. The number of hydrogen-bond donors (Lipinski definition) is 0. The lowest BCUT2D eigenvalue weighted by Crippen LogP contribution is -2.39. The van der Waals surface area contributed by atoms with Crippen molar-refractivity contribution >= 4 is 5.78 Å². The molecule has 5 atom stereocenters. The Morgan fingerprint density at radius 1 is 1.29 bits per heavy atom. The number of fused-ring (bicyclic) bond motifs is 3. The Bertz CT molecular complexity index is 621. The molecule has 0 bridgehead atoms. The number of hydrogen-bond acceptors (Lipinski definition) is 3. The maximum atomic E-state index is 12.4. The first kappa shape index (κ1) is 16.0. The summed E-state index contributed by atoms with van der Waals surface area (Å²) in [4.78, 5) is 12.4. The van der Waals surface area contributed by atoms with E-state index in [1.165, 1.54) is 17.6 Å². The molecule has 0 radical (unpaired) electrons. The van der Waals surface area contributed by atoms with Gasteiger partial charge in [-0.25, -0.2) is 0 Å². The van der Waals surface area contributed by atoms with Crippen LogP contribution in [0.4, 0.5) is 0 Å². The molecule has 0 aromatic heterocycles. The molecule has 1 saturated carbocycles. The monoisotopic (exact) mass is 326 g/mol. The Morgan fingerprint density at radius 2 is 2.12 bits per heavy atom. The first-order chi connectivity index (χ1) is 11.7. The molecule has 1 aromatic rings.